The van der Waals surface area contributed by atoms with E-state index in [-0.39, 0.29) is 0 Å². The van der Waals surface area contributed by atoms with Crippen molar-refractivity contribution in [1.82, 2.24) is 4.31 Å². The second kappa shape index (κ2) is 7.61. The van der Waals surface area contributed by atoms with E-state index in [9.17, 15) is 8.42 Å². The Morgan fingerprint density at radius 1 is 1.05 bits per heavy atom. The lowest BCUT2D eigenvalue weighted by Gasteiger charge is -2.30. The number of anilines is 1. The second-order valence-corrected chi connectivity index (χ2v) is 6.39. The van der Waals surface area contributed by atoms with E-state index in [0.29, 0.717) is 31.9 Å². The van der Waals surface area contributed by atoms with Crippen molar-refractivity contribution in [3.05, 3.63) is 29.8 Å². The van der Waals surface area contributed by atoms with Crippen molar-refractivity contribution < 1.29 is 8.42 Å². The van der Waals surface area contributed by atoms with E-state index in [1.807, 2.05) is 45.0 Å². The molecule has 0 unspecified atom stereocenters. The maximum Gasteiger partial charge on any atom is 0.304 e. The van der Waals surface area contributed by atoms with Gasteiger partial charge in [0.2, 0.25) is 0 Å². The summed E-state index contributed by atoms with van der Waals surface area (Å²) in [6.45, 7) is 7.54. The minimum absolute atomic E-state index is 0.455. The third-order valence-corrected chi connectivity index (χ3v) is 5.32. The molecule has 0 spiro atoms. The fraction of sp³-hybridized carbons (Fsp3) is 0.571. The molecule has 0 aliphatic carbocycles. The molecular formula is C14H25N3O2S. The molecule has 0 atom stereocenters. The van der Waals surface area contributed by atoms with Gasteiger partial charge in [0, 0.05) is 26.2 Å². The summed E-state index contributed by atoms with van der Waals surface area (Å²) in [5, 5.41) is 0. The van der Waals surface area contributed by atoms with Gasteiger partial charge in [0.15, 0.2) is 0 Å². The van der Waals surface area contributed by atoms with Crippen molar-refractivity contribution in [2.75, 3.05) is 23.9 Å². The number of nitrogens with two attached hydrogens (primary N) is 1. The number of nitrogens with zero attached hydrogens (tertiary/aromatic N) is 2. The SMILES string of the molecule is CCCN(c1ccc(CN)cc1)S(=O)(=O)N(CC)CC. The molecule has 114 valence electrons. The van der Waals surface area contributed by atoms with E-state index < -0.39 is 10.2 Å². The highest BCUT2D eigenvalue weighted by molar-refractivity contribution is 7.90. The van der Waals surface area contributed by atoms with Crippen LogP contribution in [0.2, 0.25) is 0 Å². The second-order valence-electron chi connectivity index (χ2n) is 4.53. The molecule has 0 amide bonds. The molecule has 1 aromatic carbocycles. The van der Waals surface area contributed by atoms with Crippen molar-refractivity contribution in [1.29, 1.82) is 0 Å². The lowest BCUT2D eigenvalue weighted by Crippen LogP contribution is -2.44. The van der Waals surface area contributed by atoms with Gasteiger partial charge in [-0.3, -0.25) is 4.31 Å². The van der Waals surface area contributed by atoms with E-state index in [1.165, 1.54) is 8.61 Å². The largest absolute Gasteiger partial charge is 0.326 e. The quantitative estimate of drug-likeness (QED) is 0.798. The van der Waals surface area contributed by atoms with Gasteiger partial charge in [0.1, 0.15) is 0 Å². The summed E-state index contributed by atoms with van der Waals surface area (Å²) in [4.78, 5) is 0. The molecule has 0 saturated heterocycles. The zero-order valence-electron chi connectivity index (χ0n) is 12.5. The van der Waals surface area contributed by atoms with Crippen molar-refractivity contribution in [2.45, 2.75) is 33.7 Å². The van der Waals surface area contributed by atoms with Crippen molar-refractivity contribution >= 4 is 15.9 Å². The smallest absolute Gasteiger partial charge is 0.304 e. The maximum atomic E-state index is 12.7. The topological polar surface area (TPSA) is 66.6 Å². The standard InChI is InChI=1S/C14H25N3O2S/c1-4-11-17(20(18,19)16(5-2)6-3)14-9-7-13(12-15)8-10-14/h7-10H,4-6,11-12,15H2,1-3H3. The van der Waals surface area contributed by atoms with Crippen LogP contribution < -0.4 is 10.0 Å². The molecule has 20 heavy (non-hydrogen) atoms. The molecule has 0 aliphatic heterocycles. The maximum absolute atomic E-state index is 12.7. The average molecular weight is 299 g/mol. The fourth-order valence-corrected chi connectivity index (χ4v) is 3.80. The molecule has 0 aromatic heterocycles. The van der Waals surface area contributed by atoms with Crippen LogP contribution in [0.15, 0.2) is 24.3 Å². The molecule has 0 bridgehead atoms. The molecular weight excluding hydrogens is 274 g/mol. The molecule has 1 rings (SSSR count). The fourth-order valence-electron chi connectivity index (χ4n) is 2.07. The first-order valence-corrected chi connectivity index (χ1v) is 8.47. The van der Waals surface area contributed by atoms with Crippen LogP contribution in [0.25, 0.3) is 0 Å². The monoisotopic (exact) mass is 299 g/mol. The highest BCUT2D eigenvalue weighted by atomic mass is 32.2. The molecule has 6 heteroatoms. The highest BCUT2D eigenvalue weighted by Gasteiger charge is 2.27. The molecule has 5 nitrogen and oxygen atoms in total. The van der Waals surface area contributed by atoms with E-state index in [4.69, 9.17) is 5.73 Å². The number of rotatable bonds is 8. The first-order valence-electron chi connectivity index (χ1n) is 7.08. The van der Waals surface area contributed by atoms with E-state index in [1.54, 1.807) is 0 Å². The van der Waals surface area contributed by atoms with Crippen LogP contribution in [0.5, 0.6) is 0 Å². The van der Waals surface area contributed by atoms with Crippen molar-refractivity contribution in [3.63, 3.8) is 0 Å². The lowest BCUT2D eigenvalue weighted by molar-refractivity contribution is 0.441. The van der Waals surface area contributed by atoms with Gasteiger partial charge in [-0.15, -0.1) is 0 Å². The van der Waals surface area contributed by atoms with Gasteiger partial charge in [0.25, 0.3) is 0 Å². The van der Waals surface area contributed by atoms with Crippen LogP contribution >= 0.6 is 0 Å². The number of hydrogen-bond acceptors (Lipinski definition) is 3. The number of benzene rings is 1. The van der Waals surface area contributed by atoms with Crippen LogP contribution in [0, 0.1) is 0 Å². The van der Waals surface area contributed by atoms with E-state index >= 15 is 0 Å². The third-order valence-electron chi connectivity index (χ3n) is 3.20. The molecule has 0 fully saturated rings. The molecule has 0 radical (unpaired) electrons. The molecule has 0 aliphatic rings. The van der Waals surface area contributed by atoms with Gasteiger partial charge in [-0.2, -0.15) is 12.7 Å². The summed E-state index contributed by atoms with van der Waals surface area (Å²) in [6.07, 6.45) is 0.763. The molecule has 2 N–H and O–H groups in total. The first kappa shape index (κ1) is 16.9. The summed E-state index contributed by atoms with van der Waals surface area (Å²) in [7, 11) is -3.46. The predicted molar refractivity (Wildman–Crippen MR) is 83.8 cm³/mol. The Morgan fingerprint density at radius 3 is 2.00 bits per heavy atom. The molecule has 0 saturated carbocycles. The summed E-state index contributed by atoms with van der Waals surface area (Å²) >= 11 is 0. The summed E-state index contributed by atoms with van der Waals surface area (Å²) < 4.78 is 28.3. The molecule has 0 heterocycles. The zero-order chi connectivity index (χ0) is 15.2. The first-order chi connectivity index (χ1) is 9.51. The average Bonchev–Trinajstić information content (AvgIpc) is 2.45. The van der Waals surface area contributed by atoms with Crippen LogP contribution in [0.1, 0.15) is 32.8 Å². The van der Waals surface area contributed by atoms with E-state index in [2.05, 4.69) is 0 Å². The highest BCUT2D eigenvalue weighted by Crippen LogP contribution is 2.21. The Labute approximate surface area is 122 Å². The van der Waals surface area contributed by atoms with Crippen LogP contribution in [-0.2, 0) is 16.8 Å². The van der Waals surface area contributed by atoms with E-state index in [0.717, 1.165) is 12.0 Å². The van der Waals surface area contributed by atoms with Gasteiger partial charge >= 0.3 is 10.2 Å². The third kappa shape index (κ3) is 3.71. The summed E-state index contributed by atoms with van der Waals surface area (Å²) in [5.74, 6) is 0. The van der Waals surface area contributed by atoms with Gasteiger partial charge in [-0.05, 0) is 24.1 Å². The van der Waals surface area contributed by atoms with Gasteiger partial charge in [-0.25, -0.2) is 0 Å². The summed E-state index contributed by atoms with van der Waals surface area (Å²) in [6, 6.07) is 7.38. The van der Waals surface area contributed by atoms with Crippen LogP contribution in [0.3, 0.4) is 0 Å². The zero-order valence-corrected chi connectivity index (χ0v) is 13.4. The Kier molecular flexibility index (Phi) is 6.45. The van der Waals surface area contributed by atoms with Gasteiger partial charge in [-0.1, -0.05) is 32.9 Å². The molecule has 1 aromatic rings. The predicted octanol–water partition coefficient (Wildman–Crippen LogP) is 1.95. The minimum Gasteiger partial charge on any atom is -0.326 e. The van der Waals surface area contributed by atoms with Gasteiger partial charge in [0.05, 0.1) is 5.69 Å². The van der Waals surface area contributed by atoms with Gasteiger partial charge < -0.3 is 5.73 Å². The Bertz CT molecular complexity index is 496. The number of hydrogen-bond donors (Lipinski definition) is 1. The van der Waals surface area contributed by atoms with Crippen molar-refractivity contribution in [2.24, 2.45) is 5.73 Å². The van der Waals surface area contributed by atoms with Crippen LogP contribution in [0.4, 0.5) is 5.69 Å². The summed E-state index contributed by atoms with van der Waals surface area (Å²) in [5.41, 5.74) is 7.25. The van der Waals surface area contributed by atoms with Crippen molar-refractivity contribution in [3.8, 4) is 0 Å². The minimum atomic E-state index is -3.46. The Hall–Kier alpha value is -1.11. The Morgan fingerprint density at radius 2 is 1.60 bits per heavy atom. The van der Waals surface area contributed by atoms with Crippen LogP contribution in [-0.4, -0.2) is 32.4 Å². The normalized spacial score (nSPS) is 11.8. The Balaban J connectivity index is 3.15. The lowest BCUT2D eigenvalue weighted by atomic mass is 10.2.